The lowest BCUT2D eigenvalue weighted by Gasteiger charge is -2.29. The van der Waals surface area contributed by atoms with E-state index in [0.29, 0.717) is 13.0 Å². The van der Waals surface area contributed by atoms with E-state index >= 15 is 0 Å². The Labute approximate surface area is 127 Å². The van der Waals surface area contributed by atoms with Gasteiger partial charge < -0.3 is 15.2 Å². The normalized spacial score (nSPS) is 14.3. The standard InChI is InChI=1S/C14H20N2O2S2/c1-14(4-5-17,10-18-2)16-8-12-7-15-13(20-12)11-3-6-19-9-11/h3,6-7,9,16-17H,4-5,8,10H2,1-2H3. The molecular formula is C14H20N2O2S2. The number of methoxy groups -OCH3 is 1. The highest BCUT2D eigenvalue weighted by Gasteiger charge is 2.23. The van der Waals surface area contributed by atoms with Gasteiger partial charge >= 0.3 is 0 Å². The molecule has 0 aliphatic carbocycles. The minimum atomic E-state index is -0.212. The first-order chi connectivity index (χ1) is 9.67. The van der Waals surface area contributed by atoms with Crippen LogP contribution in [0.4, 0.5) is 0 Å². The zero-order valence-corrected chi connectivity index (χ0v) is 13.4. The average molecular weight is 312 g/mol. The molecule has 110 valence electrons. The Balaban J connectivity index is 1.96. The van der Waals surface area contributed by atoms with Gasteiger partial charge in [0.1, 0.15) is 5.01 Å². The second kappa shape index (κ2) is 7.28. The summed E-state index contributed by atoms with van der Waals surface area (Å²) in [4.78, 5) is 5.64. The third kappa shape index (κ3) is 4.10. The lowest BCUT2D eigenvalue weighted by atomic mass is 9.99. The van der Waals surface area contributed by atoms with Crippen molar-refractivity contribution < 1.29 is 9.84 Å². The van der Waals surface area contributed by atoms with Gasteiger partial charge in [0.05, 0.1) is 6.61 Å². The summed E-state index contributed by atoms with van der Waals surface area (Å²) >= 11 is 3.38. The van der Waals surface area contributed by atoms with Crippen LogP contribution in [0.15, 0.2) is 23.0 Å². The molecular weight excluding hydrogens is 292 g/mol. The maximum atomic E-state index is 9.15. The highest BCUT2D eigenvalue weighted by molar-refractivity contribution is 7.15. The Morgan fingerprint density at radius 2 is 2.35 bits per heavy atom. The fourth-order valence-corrected chi connectivity index (χ4v) is 3.55. The molecule has 0 bridgehead atoms. The number of nitrogens with zero attached hydrogens (tertiary/aromatic N) is 1. The largest absolute Gasteiger partial charge is 0.396 e. The van der Waals surface area contributed by atoms with E-state index < -0.39 is 0 Å². The van der Waals surface area contributed by atoms with Crippen LogP contribution in [0, 0.1) is 0 Å². The molecule has 0 radical (unpaired) electrons. The van der Waals surface area contributed by atoms with Crippen molar-refractivity contribution in [3.63, 3.8) is 0 Å². The van der Waals surface area contributed by atoms with Crippen LogP contribution < -0.4 is 5.32 Å². The molecule has 0 saturated carbocycles. The summed E-state index contributed by atoms with van der Waals surface area (Å²) in [6, 6.07) is 2.08. The van der Waals surface area contributed by atoms with Crippen LogP contribution in [0.3, 0.4) is 0 Å². The van der Waals surface area contributed by atoms with Crippen LogP contribution in [0.1, 0.15) is 18.2 Å². The molecule has 6 heteroatoms. The van der Waals surface area contributed by atoms with Gasteiger partial charge in [-0.15, -0.1) is 11.3 Å². The van der Waals surface area contributed by atoms with Gasteiger partial charge in [0.25, 0.3) is 0 Å². The average Bonchev–Trinajstić information content (AvgIpc) is 3.08. The van der Waals surface area contributed by atoms with Gasteiger partial charge in [-0.25, -0.2) is 4.98 Å². The molecule has 0 saturated heterocycles. The molecule has 0 fully saturated rings. The van der Waals surface area contributed by atoms with Crippen LogP contribution in [-0.4, -0.2) is 36.0 Å². The molecule has 2 N–H and O–H groups in total. The van der Waals surface area contributed by atoms with Crippen molar-refractivity contribution in [1.29, 1.82) is 0 Å². The molecule has 2 aromatic heterocycles. The van der Waals surface area contributed by atoms with Gasteiger partial charge in [0, 0.05) is 47.8 Å². The maximum absolute atomic E-state index is 9.15. The molecule has 2 rings (SSSR count). The van der Waals surface area contributed by atoms with E-state index in [1.54, 1.807) is 29.8 Å². The predicted octanol–water partition coefficient (Wildman–Crippen LogP) is 2.75. The van der Waals surface area contributed by atoms with E-state index in [1.165, 1.54) is 10.4 Å². The molecule has 0 amide bonds. The minimum Gasteiger partial charge on any atom is -0.396 e. The molecule has 0 aliphatic rings. The van der Waals surface area contributed by atoms with Crippen LogP contribution in [0.2, 0.25) is 0 Å². The van der Waals surface area contributed by atoms with Crippen molar-refractivity contribution >= 4 is 22.7 Å². The van der Waals surface area contributed by atoms with E-state index in [0.717, 1.165) is 11.6 Å². The molecule has 0 aromatic carbocycles. The Kier molecular flexibility index (Phi) is 5.68. The number of thiophene rings is 1. The number of hydrogen-bond acceptors (Lipinski definition) is 6. The molecule has 20 heavy (non-hydrogen) atoms. The second-order valence-corrected chi connectivity index (χ2v) is 6.86. The highest BCUT2D eigenvalue weighted by atomic mass is 32.1. The number of aliphatic hydroxyl groups is 1. The first kappa shape index (κ1) is 15.6. The fourth-order valence-electron chi connectivity index (χ4n) is 1.99. The van der Waals surface area contributed by atoms with E-state index in [1.807, 2.05) is 6.20 Å². The van der Waals surface area contributed by atoms with Crippen molar-refractivity contribution in [2.45, 2.75) is 25.4 Å². The van der Waals surface area contributed by atoms with Gasteiger partial charge in [-0.1, -0.05) is 0 Å². The smallest absolute Gasteiger partial charge is 0.124 e. The van der Waals surface area contributed by atoms with Gasteiger partial charge in [-0.2, -0.15) is 11.3 Å². The molecule has 1 atom stereocenters. The lowest BCUT2D eigenvalue weighted by molar-refractivity contribution is 0.0971. The van der Waals surface area contributed by atoms with E-state index in [9.17, 15) is 0 Å². The summed E-state index contributed by atoms with van der Waals surface area (Å²) in [5.41, 5.74) is 0.969. The summed E-state index contributed by atoms with van der Waals surface area (Å²) in [6.07, 6.45) is 2.58. The summed E-state index contributed by atoms with van der Waals surface area (Å²) < 4.78 is 5.23. The van der Waals surface area contributed by atoms with Crippen molar-refractivity contribution in [3.8, 4) is 10.6 Å². The quantitative estimate of drug-likeness (QED) is 0.787. The zero-order chi connectivity index (χ0) is 14.4. The summed E-state index contributed by atoms with van der Waals surface area (Å²) in [7, 11) is 1.68. The van der Waals surface area contributed by atoms with Gasteiger partial charge in [-0.05, 0) is 24.8 Å². The van der Waals surface area contributed by atoms with Crippen LogP contribution >= 0.6 is 22.7 Å². The Hall–Kier alpha value is -0.790. The third-order valence-electron chi connectivity index (χ3n) is 3.14. The number of rotatable bonds is 8. The molecule has 0 spiro atoms. The Morgan fingerprint density at radius 3 is 3.00 bits per heavy atom. The molecule has 2 aromatic rings. The summed E-state index contributed by atoms with van der Waals surface area (Å²) in [5.74, 6) is 0. The summed E-state index contributed by atoms with van der Waals surface area (Å²) in [5, 5.41) is 17.8. The molecule has 2 heterocycles. The lowest BCUT2D eigenvalue weighted by Crippen LogP contribution is -2.46. The Morgan fingerprint density at radius 1 is 1.50 bits per heavy atom. The number of aromatic nitrogens is 1. The van der Waals surface area contributed by atoms with Crippen LogP contribution in [0.5, 0.6) is 0 Å². The summed E-state index contributed by atoms with van der Waals surface area (Å²) in [6.45, 7) is 3.52. The van der Waals surface area contributed by atoms with Gasteiger partial charge in [-0.3, -0.25) is 0 Å². The SMILES string of the molecule is COCC(C)(CCO)NCc1cnc(-c2ccsc2)s1. The van der Waals surface area contributed by atoms with E-state index in [-0.39, 0.29) is 12.1 Å². The van der Waals surface area contributed by atoms with Crippen molar-refractivity contribution in [3.05, 3.63) is 27.9 Å². The minimum absolute atomic E-state index is 0.149. The van der Waals surface area contributed by atoms with E-state index in [2.05, 4.69) is 34.1 Å². The molecule has 4 nitrogen and oxygen atoms in total. The highest BCUT2D eigenvalue weighted by Crippen LogP contribution is 2.27. The number of nitrogens with one attached hydrogen (secondary N) is 1. The number of hydrogen-bond donors (Lipinski definition) is 2. The van der Waals surface area contributed by atoms with Gasteiger partial charge in [0.2, 0.25) is 0 Å². The number of ether oxygens (including phenoxy) is 1. The van der Waals surface area contributed by atoms with Gasteiger partial charge in [0.15, 0.2) is 0 Å². The fraction of sp³-hybridized carbons (Fsp3) is 0.500. The molecule has 1 unspecified atom stereocenters. The van der Waals surface area contributed by atoms with Crippen molar-refractivity contribution in [2.75, 3.05) is 20.3 Å². The van der Waals surface area contributed by atoms with Crippen LogP contribution in [0.25, 0.3) is 10.6 Å². The number of aliphatic hydroxyl groups excluding tert-OH is 1. The molecule has 0 aliphatic heterocycles. The van der Waals surface area contributed by atoms with Crippen molar-refractivity contribution in [1.82, 2.24) is 10.3 Å². The van der Waals surface area contributed by atoms with Crippen LogP contribution in [-0.2, 0) is 11.3 Å². The predicted molar refractivity (Wildman–Crippen MR) is 84.3 cm³/mol. The Bertz CT molecular complexity index is 505. The van der Waals surface area contributed by atoms with Crippen molar-refractivity contribution in [2.24, 2.45) is 0 Å². The third-order valence-corrected chi connectivity index (χ3v) is 4.87. The van der Waals surface area contributed by atoms with E-state index in [4.69, 9.17) is 9.84 Å². The number of thiazole rings is 1. The monoisotopic (exact) mass is 312 g/mol. The second-order valence-electron chi connectivity index (χ2n) is 4.96. The first-order valence-corrected chi connectivity index (χ1v) is 8.25. The zero-order valence-electron chi connectivity index (χ0n) is 11.8. The topological polar surface area (TPSA) is 54.4 Å². The maximum Gasteiger partial charge on any atom is 0.124 e. The first-order valence-electron chi connectivity index (χ1n) is 6.49.